The third-order valence-corrected chi connectivity index (χ3v) is 4.23. The lowest BCUT2D eigenvalue weighted by Crippen LogP contribution is -2.33. The van der Waals surface area contributed by atoms with Crippen LogP contribution in [0.5, 0.6) is 0 Å². The topological polar surface area (TPSA) is 76.2 Å². The fourth-order valence-electron chi connectivity index (χ4n) is 2.60. The molecule has 1 heterocycles. The summed E-state index contributed by atoms with van der Waals surface area (Å²) in [6.45, 7) is 3.31. The number of Topliss-reactive ketones (excluding diaryl/α,β-unsaturated/α-hetero) is 1. The maximum Gasteiger partial charge on any atom is 0.235 e. The molecule has 5 nitrogen and oxygen atoms in total. The van der Waals surface area contributed by atoms with Crippen LogP contribution in [0.15, 0.2) is 52.1 Å². The van der Waals surface area contributed by atoms with Gasteiger partial charge in [-0.05, 0) is 44.2 Å². The second-order valence-electron chi connectivity index (χ2n) is 6.13. The number of methoxy groups -OCH3 is 1. The Morgan fingerprint density at radius 1 is 0.958 bits per heavy atom. The third-order valence-electron chi connectivity index (χ3n) is 4.23. The van der Waals surface area contributed by atoms with E-state index < -0.39 is 16.5 Å². The Morgan fingerprint density at radius 3 is 2.29 bits per heavy atom. The summed E-state index contributed by atoms with van der Waals surface area (Å²) in [5.41, 5.74) is -0.826. The molecule has 0 aliphatic rings. The van der Waals surface area contributed by atoms with Gasteiger partial charge in [-0.2, -0.15) is 0 Å². The molecule has 0 aliphatic heterocycles. The summed E-state index contributed by atoms with van der Waals surface area (Å²) in [5.74, 6) is -0.255. The van der Waals surface area contributed by atoms with E-state index >= 15 is 0 Å². The predicted molar refractivity (Wildman–Crippen MR) is 93.8 cm³/mol. The van der Waals surface area contributed by atoms with E-state index in [1.54, 1.807) is 50.2 Å². The van der Waals surface area contributed by atoms with Crippen molar-refractivity contribution in [3.8, 4) is 0 Å². The molecule has 1 N–H and O–H groups in total. The second-order valence-corrected chi connectivity index (χ2v) is 6.13. The average molecular weight is 323 g/mol. The Hall–Kier alpha value is -2.79. The van der Waals surface area contributed by atoms with Crippen LogP contribution in [0.4, 0.5) is 0 Å². The quantitative estimate of drug-likeness (QED) is 0.594. The van der Waals surface area contributed by atoms with Crippen LogP contribution >= 0.6 is 0 Å². The summed E-state index contributed by atoms with van der Waals surface area (Å²) in [4.78, 5) is 40.6. The molecule has 2 aromatic carbocycles. The number of benzene rings is 2. The van der Waals surface area contributed by atoms with E-state index in [1.165, 1.54) is 13.2 Å². The maximum atomic E-state index is 12.6. The summed E-state index contributed by atoms with van der Waals surface area (Å²) in [6.07, 6.45) is 0. The van der Waals surface area contributed by atoms with Gasteiger partial charge in [0.25, 0.3) is 0 Å². The van der Waals surface area contributed by atoms with Crippen LogP contribution in [0.25, 0.3) is 21.8 Å². The van der Waals surface area contributed by atoms with Gasteiger partial charge in [-0.1, -0.05) is 12.1 Å². The highest BCUT2D eigenvalue weighted by molar-refractivity contribution is 6.04. The first-order chi connectivity index (χ1) is 11.3. The van der Waals surface area contributed by atoms with Crippen molar-refractivity contribution in [3.63, 3.8) is 0 Å². The number of hydrogen-bond donors (Lipinski definition) is 1. The number of para-hydroxylation sites is 1. The Labute approximate surface area is 137 Å². The van der Waals surface area contributed by atoms with Gasteiger partial charge in [0, 0.05) is 29.1 Å². The minimum atomic E-state index is -1.01. The normalized spacial score (nSPS) is 11.8. The van der Waals surface area contributed by atoms with Gasteiger partial charge in [0.1, 0.15) is 5.60 Å². The van der Waals surface area contributed by atoms with Crippen molar-refractivity contribution >= 4 is 27.6 Å². The number of nitrogens with one attached hydrogen (secondary N) is 1. The highest BCUT2D eigenvalue weighted by Gasteiger charge is 2.28. The molecule has 0 bridgehead atoms. The van der Waals surface area contributed by atoms with Crippen LogP contribution in [0, 0.1) is 0 Å². The van der Waals surface area contributed by atoms with Gasteiger partial charge >= 0.3 is 0 Å². The summed E-state index contributed by atoms with van der Waals surface area (Å²) in [7, 11) is 1.45. The van der Waals surface area contributed by atoms with E-state index in [0.717, 1.165) is 0 Å². The number of ether oxygens (including phenoxy) is 1. The van der Waals surface area contributed by atoms with E-state index in [2.05, 4.69) is 4.98 Å². The van der Waals surface area contributed by atoms with Crippen molar-refractivity contribution in [2.24, 2.45) is 0 Å². The lowest BCUT2D eigenvalue weighted by atomic mass is 9.95. The standard InChI is InChI=1S/C19H17NO4/c1-19(2,24-3)18(23)11-8-9-15-13(10-11)17(22)16(21)12-6-4-5-7-14(12)20-15/h4-10,20H,1-3H3. The van der Waals surface area contributed by atoms with Crippen LogP contribution in [0.2, 0.25) is 0 Å². The molecule has 24 heavy (non-hydrogen) atoms. The highest BCUT2D eigenvalue weighted by atomic mass is 16.5. The van der Waals surface area contributed by atoms with Crippen LogP contribution in [-0.2, 0) is 4.74 Å². The van der Waals surface area contributed by atoms with Crippen molar-refractivity contribution in [2.45, 2.75) is 19.4 Å². The van der Waals surface area contributed by atoms with Crippen LogP contribution in [-0.4, -0.2) is 23.5 Å². The van der Waals surface area contributed by atoms with E-state index in [1.807, 2.05) is 0 Å². The molecular weight excluding hydrogens is 306 g/mol. The smallest absolute Gasteiger partial charge is 0.235 e. The van der Waals surface area contributed by atoms with Gasteiger partial charge in [0.05, 0.1) is 5.39 Å². The Morgan fingerprint density at radius 2 is 1.58 bits per heavy atom. The van der Waals surface area contributed by atoms with Crippen molar-refractivity contribution in [1.82, 2.24) is 4.98 Å². The monoisotopic (exact) mass is 323 g/mol. The van der Waals surface area contributed by atoms with Gasteiger partial charge in [-0.25, -0.2) is 0 Å². The molecule has 0 saturated heterocycles. The summed E-state index contributed by atoms with van der Waals surface area (Å²) in [6, 6.07) is 11.6. The predicted octanol–water partition coefficient (Wildman–Crippen LogP) is 2.65. The number of H-pyrrole nitrogens is 1. The van der Waals surface area contributed by atoms with Gasteiger partial charge in [-0.3, -0.25) is 14.4 Å². The lowest BCUT2D eigenvalue weighted by molar-refractivity contribution is 0.0228. The number of aromatic amines is 1. The van der Waals surface area contributed by atoms with Crippen molar-refractivity contribution < 1.29 is 9.53 Å². The fraction of sp³-hybridized carbons (Fsp3) is 0.211. The van der Waals surface area contributed by atoms with Crippen molar-refractivity contribution in [3.05, 3.63) is 68.5 Å². The molecule has 0 fully saturated rings. The molecule has 3 rings (SSSR count). The zero-order chi connectivity index (χ0) is 17.5. The van der Waals surface area contributed by atoms with E-state index in [-0.39, 0.29) is 11.2 Å². The van der Waals surface area contributed by atoms with Gasteiger partial charge in [0.15, 0.2) is 5.78 Å². The molecule has 0 aliphatic carbocycles. The molecule has 0 atom stereocenters. The molecule has 0 radical (unpaired) electrons. The number of ketones is 1. The van der Waals surface area contributed by atoms with E-state index in [9.17, 15) is 14.4 Å². The first-order valence-electron chi connectivity index (χ1n) is 7.54. The molecular formula is C19H17NO4. The Balaban J connectivity index is 2.38. The average Bonchev–Trinajstić information content (AvgIpc) is 2.70. The number of carbonyl (C=O) groups excluding carboxylic acids is 1. The lowest BCUT2D eigenvalue weighted by Gasteiger charge is -2.21. The molecule has 1 aromatic heterocycles. The van der Waals surface area contributed by atoms with E-state index in [0.29, 0.717) is 22.0 Å². The summed E-state index contributed by atoms with van der Waals surface area (Å²) in [5, 5.41) is 0.512. The molecule has 122 valence electrons. The number of aromatic nitrogens is 1. The largest absolute Gasteiger partial charge is 0.371 e. The van der Waals surface area contributed by atoms with Gasteiger partial charge in [-0.15, -0.1) is 0 Å². The van der Waals surface area contributed by atoms with Crippen molar-refractivity contribution in [1.29, 1.82) is 0 Å². The number of fused-ring (bicyclic) bond motifs is 2. The van der Waals surface area contributed by atoms with Gasteiger partial charge < -0.3 is 9.72 Å². The Bertz CT molecular complexity index is 1080. The number of hydrogen-bond acceptors (Lipinski definition) is 4. The minimum absolute atomic E-state index is 0.189. The third kappa shape index (κ3) is 2.53. The molecule has 0 saturated carbocycles. The molecule has 3 aromatic rings. The van der Waals surface area contributed by atoms with Crippen LogP contribution in [0.3, 0.4) is 0 Å². The zero-order valence-electron chi connectivity index (χ0n) is 13.7. The maximum absolute atomic E-state index is 12.6. The minimum Gasteiger partial charge on any atom is -0.371 e. The van der Waals surface area contributed by atoms with Crippen LogP contribution < -0.4 is 10.9 Å². The molecule has 5 heteroatoms. The molecule has 0 amide bonds. The SMILES string of the molecule is COC(C)(C)C(=O)c1ccc2[nH]c3ccccc3c(=O)c(=O)c2c1. The number of carbonyl (C=O) groups is 1. The number of rotatable bonds is 3. The van der Waals surface area contributed by atoms with Crippen molar-refractivity contribution in [2.75, 3.05) is 7.11 Å². The second kappa shape index (κ2) is 5.69. The first-order valence-corrected chi connectivity index (χ1v) is 7.54. The molecule has 0 unspecified atom stereocenters. The zero-order valence-corrected chi connectivity index (χ0v) is 13.7. The summed E-state index contributed by atoms with van der Waals surface area (Å²) < 4.78 is 5.20. The van der Waals surface area contributed by atoms with E-state index in [4.69, 9.17) is 4.74 Å². The fourth-order valence-corrected chi connectivity index (χ4v) is 2.60. The van der Waals surface area contributed by atoms with Gasteiger partial charge in [0.2, 0.25) is 10.9 Å². The first kappa shape index (κ1) is 16.1. The van der Waals surface area contributed by atoms with Crippen LogP contribution in [0.1, 0.15) is 24.2 Å². The Kier molecular flexibility index (Phi) is 3.81. The highest BCUT2D eigenvalue weighted by Crippen LogP contribution is 2.19. The summed E-state index contributed by atoms with van der Waals surface area (Å²) >= 11 is 0. The molecule has 0 spiro atoms.